The van der Waals surface area contributed by atoms with Crippen LogP contribution in [0.25, 0.3) is 0 Å². The second-order valence-corrected chi connectivity index (χ2v) is 4.41. The van der Waals surface area contributed by atoms with Gasteiger partial charge in [-0.05, 0) is 19.1 Å². The zero-order valence-corrected chi connectivity index (χ0v) is 12.0. The van der Waals surface area contributed by atoms with E-state index in [1.165, 1.54) is 0 Å². The van der Waals surface area contributed by atoms with E-state index in [2.05, 4.69) is 0 Å². The summed E-state index contributed by atoms with van der Waals surface area (Å²) in [5, 5.41) is 0. The van der Waals surface area contributed by atoms with E-state index in [0.29, 0.717) is 18.0 Å². The number of amides is 1. The minimum absolute atomic E-state index is 0.00759. The van der Waals surface area contributed by atoms with Gasteiger partial charge in [0.1, 0.15) is 11.5 Å². The molecule has 0 saturated heterocycles. The van der Waals surface area contributed by atoms with Crippen molar-refractivity contribution in [1.29, 1.82) is 0 Å². The Morgan fingerprint density at radius 1 is 1.32 bits per heavy atom. The molecule has 1 aromatic rings. The Hall–Kier alpha value is -1.75. The maximum absolute atomic E-state index is 12.2. The molecule has 1 unspecified atom stereocenters. The second kappa shape index (κ2) is 6.99. The SMILES string of the molecule is COc1cccc(OC)c1CC(=O)N(C)C(C)CN. The van der Waals surface area contributed by atoms with Gasteiger partial charge in [0.25, 0.3) is 0 Å². The fourth-order valence-electron chi connectivity index (χ4n) is 1.78. The number of nitrogens with two attached hydrogens (primary N) is 1. The van der Waals surface area contributed by atoms with Crippen molar-refractivity contribution in [3.8, 4) is 11.5 Å². The average Bonchev–Trinajstić information content (AvgIpc) is 2.45. The summed E-state index contributed by atoms with van der Waals surface area (Å²) in [6, 6.07) is 5.47. The van der Waals surface area contributed by atoms with Crippen LogP contribution in [0.1, 0.15) is 12.5 Å². The van der Waals surface area contributed by atoms with Crippen molar-refractivity contribution in [2.75, 3.05) is 27.8 Å². The fourth-order valence-corrected chi connectivity index (χ4v) is 1.78. The van der Waals surface area contributed by atoms with Crippen molar-refractivity contribution in [2.45, 2.75) is 19.4 Å². The number of nitrogens with zero attached hydrogens (tertiary/aromatic N) is 1. The summed E-state index contributed by atoms with van der Waals surface area (Å²) in [4.78, 5) is 13.9. The van der Waals surface area contributed by atoms with E-state index in [0.717, 1.165) is 5.56 Å². The minimum Gasteiger partial charge on any atom is -0.496 e. The van der Waals surface area contributed by atoms with Crippen LogP contribution in [0.15, 0.2) is 18.2 Å². The molecule has 1 atom stereocenters. The molecule has 2 N–H and O–H groups in total. The van der Waals surface area contributed by atoms with E-state index in [1.54, 1.807) is 26.2 Å². The Bertz CT molecular complexity index is 412. The molecule has 5 nitrogen and oxygen atoms in total. The molecule has 0 aliphatic heterocycles. The van der Waals surface area contributed by atoms with Crippen LogP contribution in [0.3, 0.4) is 0 Å². The van der Waals surface area contributed by atoms with Gasteiger partial charge in [-0.25, -0.2) is 0 Å². The summed E-state index contributed by atoms with van der Waals surface area (Å²) >= 11 is 0. The molecule has 1 aromatic carbocycles. The highest BCUT2D eigenvalue weighted by Gasteiger charge is 2.19. The first-order valence-electron chi connectivity index (χ1n) is 6.20. The lowest BCUT2D eigenvalue weighted by molar-refractivity contribution is -0.130. The molecule has 0 bridgehead atoms. The first-order chi connectivity index (χ1) is 9.04. The van der Waals surface area contributed by atoms with Gasteiger partial charge < -0.3 is 20.1 Å². The van der Waals surface area contributed by atoms with E-state index >= 15 is 0 Å². The van der Waals surface area contributed by atoms with Crippen molar-refractivity contribution in [1.82, 2.24) is 4.90 Å². The Labute approximate surface area is 114 Å². The summed E-state index contributed by atoms with van der Waals surface area (Å²) in [6.07, 6.45) is 0.230. The third-order valence-electron chi connectivity index (χ3n) is 3.25. The molecule has 0 radical (unpaired) electrons. The van der Waals surface area contributed by atoms with Crippen LogP contribution in [-0.2, 0) is 11.2 Å². The molecule has 5 heteroatoms. The molecule has 0 heterocycles. The molecule has 0 saturated carbocycles. The van der Waals surface area contributed by atoms with Crippen LogP contribution in [0, 0.1) is 0 Å². The number of hydrogen-bond donors (Lipinski definition) is 1. The lowest BCUT2D eigenvalue weighted by atomic mass is 10.1. The average molecular weight is 266 g/mol. The van der Waals surface area contributed by atoms with Crippen molar-refractivity contribution >= 4 is 5.91 Å². The van der Waals surface area contributed by atoms with Crippen LogP contribution in [0.4, 0.5) is 0 Å². The van der Waals surface area contributed by atoms with Crippen molar-refractivity contribution in [3.05, 3.63) is 23.8 Å². The van der Waals surface area contributed by atoms with Gasteiger partial charge in [-0.1, -0.05) is 6.07 Å². The highest BCUT2D eigenvalue weighted by Crippen LogP contribution is 2.29. The van der Waals surface area contributed by atoms with Gasteiger partial charge in [0.05, 0.1) is 20.6 Å². The number of likely N-dealkylation sites (N-methyl/N-ethyl adjacent to an activating group) is 1. The maximum Gasteiger partial charge on any atom is 0.227 e. The summed E-state index contributed by atoms with van der Waals surface area (Å²) in [5.41, 5.74) is 6.33. The van der Waals surface area contributed by atoms with Crippen LogP contribution in [0.2, 0.25) is 0 Å². The number of hydrogen-bond acceptors (Lipinski definition) is 4. The number of ether oxygens (including phenoxy) is 2. The Morgan fingerprint density at radius 2 is 1.84 bits per heavy atom. The zero-order chi connectivity index (χ0) is 14.4. The van der Waals surface area contributed by atoms with E-state index in [1.807, 2.05) is 25.1 Å². The normalized spacial score (nSPS) is 11.8. The highest BCUT2D eigenvalue weighted by molar-refractivity contribution is 5.80. The number of rotatable bonds is 6. The van der Waals surface area contributed by atoms with Gasteiger partial charge in [-0.2, -0.15) is 0 Å². The molecule has 0 fully saturated rings. The molecule has 0 spiro atoms. The largest absolute Gasteiger partial charge is 0.496 e. The third kappa shape index (κ3) is 3.61. The van der Waals surface area contributed by atoms with E-state index in [9.17, 15) is 4.79 Å². The molecule has 0 aromatic heterocycles. The van der Waals surface area contributed by atoms with Gasteiger partial charge in [0.2, 0.25) is 5.91 Å². The Kier molecular flexibility index (Phi) is 5.63. The number of benzene rings is 1. The van der Waals surface area contributed by atoms with Crippen LogP contribution in [-0.4, -0.2) is 44.7 Å². The van der Waals surface area contributed by atoms with Crippen molar-refractivity contribution in [2.24, 2.45) is 5.73 Å². The summed E-state index contributed by atoms with van der Waals surface area (Å²) in [6.45, 7) is 2.35. The quantitative estimate of drug-likeness (QED) is 0.836. The predicted octanol–water partition coefficient (Wildman–Crippen LogP) is 1.05. The Morgan fingerprint density at radius 3 is 2.26 bits per heavy atom. The topological polar surface area (TPSA) is 64.8 Å². The van der Waals surface area contributed by atoms with Crippen LogP contribution >= 0.6 is 0 Å². The summed E-state index contributed by atoms with van der Waals surface area (Å²) in [5.74, 6) is 1.30. The molecule has 106 valence electrons. The highest BCUT2D eigenvalue weighted by atomic mass is 16.5. The first-order valence-corrected chi connectivity index (χ1v) is 6.20. The lowest BCUT2D eigenvalue weighted by Crippen LogP contribution is -2.40. The fraction of sp³-hybridized carbons (Fsp3) is 0.500. The minimum atomic E-state index is -0.0132. The van der Waals surface area contributed by atoms with Crippen LogP contribution in [0.5, 0.6) is 11.5 Å². The van der Waals surface area contributed by atoms with Gasteiger partial charge in [-0.3, -0.25) is 4.79 Å². The standard InChI is InChI=1S/C14H22N2O3/c1-10(9-15)16(2)14(17)8-11-12(18-3)6-5-7-13(11)19-4/h5-7,10H,8-9,15H2,1-4H3. The number of carbonyl (C=O) groups excluding carboxylic acids is 1. The van der Waals surface area contributed by atoms with E-state index < -0.39 is 0 Å². The molecule has 19 heavy (non-hydrogen) atoms. The smallest absolute Gasteiger partial charge is 0.227 e. The zero-order valence-electron chi connectivity index (χ0n) is 12.0. The maximum atomic E-state index is 12.2. The van der Waals surface area contributed by atoms with Gasteiger partial charge in [0, 0.05) is 25.2 Å². The van der Waals surface area contributed by atoms with E-state index in [-0.39, 0.29) is 18.4 Å². The summed E-state index contributed by atoms with van der Waals surface area (Å²) in [7, 11) is 4.91. The first kappa shape index (κ1) is 15.3. The Balaban J connectivity index is 2.95. The number of methoxy groups -OCH3 is 2. The van der Waals surface area contributed by atoms with Gasteiger partial charge >= 0.3 is 0 Å². The third-order valence-corrected chi connectivity index (χ3v) is 3.25. The molecule has 0 aliphatic rings. The molecular formula is C14H22N2O3. The monoisotopic (exact) mass is 266 g/mol. The van der Waals surface area contributed by atoms with Crippen molar-refractivity contribution < 1.29 is 14.3 Å². The van der Waals surface area contributed by atoms with E-state index in [4.69, 9.17) is 15.2 Å². The second-order valence-electron chi connectivity index (χ2n) is 4.41. The number of carbonyl (C=O) groups is 1. The van der Waals surface area contributed by atoms with Gasteiger partial charge in [-0.15, -0.1) is 0 Å². The lowest BCUT2D eigenvalue weighted by Gasteiger charge is -2.24. The predicted molar refractivity (Wildman–Crippen MR) is 74.5 cm³/mol. The molecule has 1 amide bonds. The molecule has 0 aliphatic carbocycles. The van der Waals surface area contributed by atoms with Crippen LogP contribution < -0.4 is 15.2 Å². The summed E-state index contributed by atoms with van der Waals surface area (Å²) < 4.78 is 10.6. The van der Waals surface area contributed by atoms with Gasteiger partial charge in [0.15, 0.2) is 0 Å². The molecule has 1 rings (SSSR count). The van der Waals surface area contributed by atoms with Crippen molar-refractivity contribution in [3.63, 3.8) is 0 Å². The molecular weight excluding hydrogens is 244 g/mol.